The predicted molar refractivity (Wildman–Crippen MR) is 46.9 cm³/mol. The lowest BCUT2D eigenvalue weighted by Crippen LogP contribution is -2.48. The van der Waals surface area contributed by atoms with E-state index in [0.717, 1.165) is 24.1 Å². The molecule has 0 aromatic heterocycles. The van der Waals surface area contributed by atoms with E-state index in [9.17, 15) is 4.79 Å². The Kier molecular flexibility index (Phi) is 3.09. The van der Waals surface area contributed by atoms with Gasteiger partial charge >= 0.3 is 5.97 Å². The van der Waals surface area contributed by atoms with Crippen LogP contribution in [0.15, 0.2) is 0 Å². The van der Waals surface area contributed by atoms with Gasteiger partial charge in [0, 0.05) is 0 Å². The van der Waals surface area contributed by atoms with Crippen LogP contribution < -0.4 is 0 Å². The minimum Gasteiger partial charge on any atom is -0.481 e. The first-order valence-corrected chi connectivity index (χ1v) is 4.68. The second-order valence-corrected chi connectivity index (χ2v) is 3.99. The molecule has 70 valence electrons. The van der Waals surface area contributed by atoms with Crippen LogP contribution in [0.25, 0.3) is 0 Å². The maximum Gasteiger partial charge on any atom is 0.309 e. The molecule has 0 saturated carbocycles. The molecule has 0 aromatic carbocycles. The first-order chi connectivity index (χ1) is 5.62. The Morgan fingerprint density at radius 3 is 2.42 bits per heavy atom. The number of hydrogen-bond donors (Lipinski definition) is 1. The summed E-state index contributed by atoms with van der Waals surface area (Å²) in [4.78, 5) is 10.4. The summed E-state index contributed by atoms with van der Waals surface area (Å²) in [7, 11) is 2.17. The van der Waals surface area contributed by atoms with Crippen molar-refractivity contribution in [1.29, 1.82) is 0 Å². The molecule has 3 heteroatoms. The van der Waals surface area contributed by atoms with E-state index >= 15 is 0 Å². The molecular formula is C9H18NO2+. The number of carbonyl (C=O) groups is 1. The number of quaternary nitrogens is 1. The van der Waals surface area contributed by atoms with Gasteiger partial charge in [0.2, 0.25) is 0 Å². The molecule has 0 unspecified atom stereocenters. The van der Waals surface area contributed by atoms with Gasteiger partial charge in [-0.25, -0.2) is 0 Å². The fraction of sp³-hybridized carbons (Fsp3) is 0.889. The lowest BCUT2D eigenvalue weighted by molar-refractivity contribution is -0.913. The van der Waals surface area contributed by atoms with E-state index in [4.69, 9.17) is 5.11 Å². The number of nitrogens with zero attached hydrogens (tertiary/aromatic N) is 1. The Morgan fingerprint density at radius 2 is 1.92 bits per heavy atom. The first-order valence-electron chi connectivity index (χ1n) is 4.68. The van der Waals surface area contributed by atoms with Gasteiger partial charge < -0.3 is 9.59 Å². The molecule has 0 bridgehead atoms. The number of rotatable bonds is 3. The van der Waals surface area contributed by atoms with Crippen molar-refractivity contribution in [3.63, 3.8) is 0 Å². The Morgan fingerprint density at radius 1 is 1.33 bits per heavy atom. The van der Waals surface area contributed by atoms with Crippen molar-refractivity contribution in [2.24, 2.45) is 0 Å². The van der Waals surface area contributed by atoms with E-state index in [1.807, 2.05) is 0 Å². The van der Waals surface area contributed by atoms with Crippen LogP contribution in [0.5, 0.6) is 0 Å². The van der Waals surface area contributed by atoms with E-state index in [0.29, 0.717) is 6.42 Å². The topological polar surface area (TPSA) is 37.3 Å². The Bertz CT molecular complexity index is 162. The number of carboxylic acid groups (broad SMARTS) is 1. The zero-order chi connectivity index (χ0) is 9.03. The van der Waals surface area contributed by atoms with Crippen LogP contribution in [0.4, 0.5) is 0 Å². The smallest absolute Gasteiger partial charge is 0.309 e. The quantitative estimate of drug-likeness (QED) is 0.647. The van der Waals surface area contributed by atoms with Gasteiger partial charge in [-0.3, -0.25) is 4.79 Å². The SMILES string of the molecule is C[N+]1(CCC(=O)O)CCCCC1. The molecule has 0 aromatic rings. The van der Waals surface area contributed by atoms with Crippen molar-refractivity contribution in [1.82, 2.24) is 0 Å². The molecule has 1 heterocycles. The van der Waals surface area contributed by atoms with Crippen LogP contribution in [-0.4, -0.2) is 42.2 Å². The first kappa shape index (κ1) is 9.52. The van der Waals surface area contributed by atoms with Crippen LogP contribution >= 0.6 is 0 Å². The average Bonchev–Trinajstić information content (AvgIpc) is 2.03. The van der Waals surface area contributed by atoms with Crippen molar-refractivity contribution in [3.8, 4) is 0 Å². The third-order valence-electron chi connectivity index (χ3n) is 2.76. The molecule has 12 heavy (non-hydrogen) atoms. The number of hydrogen-bond acceptors (Lipinski definition) is 1. The summed E-state index contributed by atoms with van der Waals surface area (Å²) in [5, 5.41) is 8.55. The van der Waals surface area contributed by atoms with E-state index in [-0.39, 0.29) is 0 Å². The van der Waals surface area contributed by atoms with Crippen LogP contribution in [0.3, 0.4) is 0 Å². The predicted octanol–water partition coefficient (Wildman–Crippen LogP) is 1.09. The molecule has 1 fully saturated rings. The molecule has 1 aliphatic rings. The second kappa shape index (κ2) is 3.90. The monoisotopic (exact) mass is 172 g/mol. The molecule has 0 aliphatic carbocycles. The minimum absolute atomic E-state index is 0.316. The summed E-state index contributed by atoms with van der Waals surface area (Å²) in [6, 6.07) is 0. The van der Waals surface area contributed by atoms with Crippen molar-refractivity contribution < 1.29 is 14.4 Å². The molecule has 1 N–H and O–H groups in total. The summed E-state index contributed by atoms with van der Waals surface area (Å²) in [5.41, 5.74) is 0. The van der Waals surface area contributed by atoms with Crippen molar-refractivity contribution in [3.05, 3.63) is 0 Å². The van der Waals surface area contributed by atoms with Crippen molar-refractivity contribution >= 4 is 5.97 Å². The Balaban J connectivity index is 2.31. The van der Waals surface area contributed by atoms with E-state index in [1.54, 1.807) is 0 Å². The van der Waals surface area contributed by atoms with E-state index in [1.165, 1.54) is 19.3 Å². The largest absolute Gasteiger partial charge is 0.481 e. The molecule has 3 nitrogen and oxygen atoms in total. The lowest BCUT2D eigenvalue weighted by Gasteiger charge is -2.37. The van der Waals surface area contributed by atoms with Gasteiger partial charge in [0.1, 0.15) is 0 Å². The highest BCUT2D eigenvalue weighted by atomic mass is 16.4. The van der Waals surface area contributed by atoms with Crippen LogP contribution in [0, 0.1) is 0 Å². The van der Waals surface area contributed by atoms with Crippen LogP contribution in [0.2, 0.25) is 0 Å². The zero-order valence-corrected chi connectivity index (χ0v) is 7.75. The zero-order valence-electron chi connectivity index (χ0n) is 7.75. The van der Waals surface area contributed by atoms with Gasteiger partial charge in [0.05, 0.1) is 33.1 Å². The molecule has 0 atom stereocenters. The van der Waals surface area contributed by atoms with Crippen LogP contribution in [0.1, 0.15) is 25.7 Å². The van der Waals surface area contributed by atoms with Gasteiger partial charge in [0.15, 0.2) is 0 Å². The third kappa shape index (κ3) is 2.81. The Hall–Kier alpha value is -0.570. The normalized spacial score (nSPS) is 22.1. The fourth-order valence-corrected chi connectivity index (χ4v) is 1.86. The maximum absolute atomic E-state index is 10.4. The van der Waals surface area contributed by atoms with Gasteiger partial charge in [-0.15, -0.1) is 0 Å². The minimum atomic E-state index is -0.667. The lowest BCUT2D eigenvalue weighted by atomic mass is 10.1. The van der Waals surface area contributed by atoms with Crippen molar-refractivity contribution in [2.45, 2.75) is 25.7 Å². The van der Waals surface area contributed by atoms with Crippen molar-refractivity contribution in [2.75, 3.05) is 26.7 Å². The highest BCUT2D eigenvalue weighted by molar-refractivity contribution is 5.66. The van der Waals surface area contributed by atoms with Crippen LogP contribution in [-0.2, 0) is 4.79 Å². The second-order valence-electron chi connectivity index (χ2n) is 3.99. The highest BCUT2D eigenvalue weighted by Gasteiger charge is 2.24. The highest BCUT2D eigenvalue weighted by Crippen LogP contribution is 2.16. The number of piperidine rings is 1. The molecule has 1 rings (SSSR count). The van der Waals surface area contributed by atoms with E-state index in [2.05, 4.69) is 7.05 Å². The van der Waals surface area contributed by atoms with Gasteiger partial charge in [-0.1, -0.05) is 0 Å². The van der Waals surface area contributed by atoms with Gasteiger partial charge in [-0.05, 0) is 19.3 Å². The number of aliphatic carboxylic acids is 1. The Labute approximate surface area is 73.6 Å². The molecule has 0 spiro atoms. The van der Waals surface area contributed by atoms with Gasteiger partial charge in [0.25, 0.3) is 0 Å². The summed E-state index contributed by atoms with van der Waals surface area (Å²) in [5.74, 6) is -0.667. The molecule has 1 saturated heterocycles. The van der Waals surface area contributed by atoms with Gasteiger partial charge in [-0.2, -0.15) is 0 Å². The standard InChI is InChI=1S/C9H17NO2/c1-10(8-5-9(11)12)6-3-2-4-7-10/h2-8H2,1H3/p+1. The average molecular weight is 172 g/mol. The molecule has 0 amide bonds. The third-order valence-corrected chi connectivity index (χ3v) is 2.76. The van der Waals surface area contributed by atoms with E-state index < -0.39 is 5.97 Å². The summed E-state index contributed by atoms with van der Waals surface area (Å²) < 4.78 is 0.965. The maximum atomic E-state index is 10.4. The molecule has 0 radical (unpaired) electrons. The summed E-state index contributed by atoms with van der Waals surface area (Å²) >= 11 is 0. The summed E-state index contributed by atoms with van der Waals surface area (Å²) in [6.07, 6.45) is 4.16. The molecule has 1 aliphatic heterocycles. The summed E-state index contributed by atoms with van der Waals surface area (Å²) in [6.45, 7) is 3.12. The number of carboxylic acids is 1. The fourth-order valence-electron chi connectivity index (χ4n) is 1.86. The number of likely N-dealkylation sites (tertiary alicyclic amines) is 1. The molecular weight excluding hydrogens is 154 g/mol.